The molecule has 0 saturated carbocycles. The van der Waals surface area contributed by atoms with Crippen LogP contribution in [0.5, 0.6) is 11.5 Å². The van der Waals surface area contributed by atoms with Crippen molar-refractivity contribution in [3.8, 4) is 11.5 Å². The van der Waals surface area contributed by atoms with Gasteiger partial charge in [-0.2, -0.15) is 0 Å². The highest BCUT2D eigenvalue weighted by Crippen LogP contribution is 2.43. The number of sulfonamides is 1. The molecular formula is C24H22BrN3O5S. The normalized spacial score (nSPS) is 14.8. The Morgan fingerprint density at radius 2 is 1.85 bits per heavy atom. The number of halogens is 1. The number of carbonyl (C=O) groups is 1. The molecule has 3 aromatic carbocycles. The number of hydrogen-bond donors (Lipinski definition) is 1. The smallest absolute Gasteiger partial charge is 0.265 e. The summed E-state index contributed by atoms with van der Waals surface area (Å²) in [4.78, 5) is 17.3. The van der Waals surface area contributed by atoms with Gasteiger partial charge in [-0.3, -0.25) is 9.52 Å². The second-order valence-electron chi connectivity index (χ2n) is 7.89. The third kappa shape index (κ3) is 4.07. The minimum Gasteiger partial charge on any atom is -0.495 e. The molecule has 8 nitrogen and oxygen atoms in total. The van der Waals surface area contributed by atoms with Crippen LogP contribution in [0, 0.1) is 0 Å². The summed E-state index contributed by atoms with van der Waals surface area (Å²) in [5.41, 5.74) is 2.29. The van der Waals surface area contributed by atoms with Crippen LogP contribution in [0.4, 0.5) is 17.1 Å². The molecule has 5 rings (SSSR count). The zero-order chi connectivity index (χ0) is 23.9. The summed E-state index contributed by atoms with van der Waals surface area (Å²) >= 11 is 3.33. The van der Waals surface area contributed by atoms with Crippen LogP contribution >= 0.6 is 15.9 Å². The Hall–Kier alpha value is -3.24. The van der Waals surface area contributed by atoms with Gasteiger partial charge >= 0.3 is 0 Å². The van der Waals surface area contributed by atoms with Gasteiger partial charge in [-0.25, -0.2) is 8.42 Å². The number of benzene rings is 3. The van der Waals surface area contributed by atoms with Crippen molar-refractivity contribution >= 4 is 48.9 Å². The van der Waals surface area contributed by atoms with Crippen molar-refractivity contribution in [2.24, 2.45) is 0 Å². The summed E-state index contributed by atoms with van der Waals surface area (Å²) in [6.45, 7) is 2.53. The molecule has 2 aliphatic rings. The average Bonchev–Trinajstić information content (AvgIpc) is 2.85. The van der Waals surface area contributed by atoms with Crippen LogP contribution in [0.25, 0.3) is 0 Å². The topological polar surface area (TPSA) is 88.2 Å². The molecule has 34 heavy (non-hydrogen) atoms. The Morgan fingerprint density at radius 3 is 2.62 bits per heavy atom. The highest BCUT2D eigenvalue weighted by Gasteiger charge is 2.32. The van der Waals surface area contributed by atoms with Crippen molar-refractivity contribution in [1.29, 1.82) is 0 Å². The van der Waals surface area contributed by atoms with Gasteiger partial charge < -0.3 is 19.3 Å². The summed E-state index contributed by atoms with van der Waals surface area (Å²) in [5.74, 6) is 0.607. The molecular weight excluding hydrogens is 522 g/mol. The zero-order valence-corrected chi connectivity index (χ0v) is 20.7. The van der Waals surface area contributed by atoms with E-state index >= 15 is 0 Å². The Labute approximate surface area is 206 Å². The Bertz CT molecular complexity index is 1360. The van der Waals surface area contributed by atoms with Crippen LogP contribution in [0.1, 0.15) is 10.4 Å². The monoisotopic (exact) mass is 543 g/mol. The molecule has 2 heterocycles. The molecule has 1 N–H and O–H groups in total. The standard InChI is InChI=1S/C24H22BrN3O5S/c1-32-20-10-5-16(15-22(20)34(30,31)26-18-8-6-17(25)7-9-18)24(29)28-12-11-27-13-14-33-21-4-2-3-19(28)23(21)27/h2-10,15,26H,11-14H2,1H3. The fourth-order valence-electron chi connectivity index (χ4n) is 4.22. The maximum absolute atomic E-state index is 13.6. The van der Waals surface area contributed by atoms with Gasteiger partial charge in [0.1, 0.15) is 28.7 Å². The molecule has 176 valence electrons. The lowest BCUT2D eigenvalue weighted by Crippen LogP contribution is -2.47. The van der Waals surface area contributed by atoms with Crippen molar-refractivity contribution in [2.45, 2.75) is 4.90 Å². The first-order chi connectivity index (χ1) is 16.4. The van der Waals surface area contributed by atoms with E-state index in [1.54, 1.807) is 35.2 Å². The second-order valence-corrected chi connectivity index (χ2v) is 10.5. The molecule has 0 radical (unpaired) electrons. The quantitative estimate of drug-likeness (QED) is 0.520. The van der Waals surface area contributed by atoms with Crippen molar-refractivity contribution in [2.75, 3.05) is 47.9 Å². The molecule has 10 heteroatoms. The predicted molar refractivity (Wildman–Crippen MR) is 134 cm³/mol. The molecule has 0 atom stereocenters. The second kappa shape index (κ2) is 8.84. The van der Waals surface area contributed by atoms with Gasteiger partial charge in [-0.1, -0.05) is 22.0 Å². The minimum atomic E-state index is -4.02. The molecule has 0 fully saturated rings. The van der Waals surface area contributed by atoms with Crippen molar-refractivity contribution < 1.29 is 22.7 Å². The molecule has 3 aromatic rings. The summed E-state index contributed by atoms with van der Waals surface area (Å²) < 4.78 is 40.9. The Morgan fingerprint density at radius 1 is 1.06 bits per heavy atom. The molecule has 0 unspecified atom stereocenters. The van der Waals surface area contributed by atoms with Crippen molar-refractivity contribution in [3.63, 3.8) is 0 Å². The lowest BCUT2D eigenvalue weighted by Gasteiger charge is -2.41. The van der Waals surface area contributed by atoms with E-state index < -0.39 is 10.0 Å². The zero-order valence-electron chi connectivity index (χ0n) is 18.3. The van der Waals surface area contributed by atoms with Crippen LogP contribution in [-0.2, 0) is 10.0 Å². The average molecular weight is 544 g/mol. The van der Waals surface area contributed by atoms with E-state index in [1.807, 2.05) is 18.2 Å². The molecule has 0 spiro atoms. The molecule has 0 bridgehead atoms. The first-order valence-electron chi connectivity index (χ1n) is 10.7. The van der Waals surface area contributed by atoms with E-state index in [1.165, 1.54) is 19.2 Å². The molecule has 0 aromatic heterocycles. The first kappa shape index (κ1) is 22.5. The third-order valence-electron chi connectivity index (χ3n) is 5.84. The number of para-hydroxylation sites is 1. The molecule has 1 amide bonds. The van der Waals surface area contributed by atoms with E-state index in [0.29, 0.717) is 25.4 Å². The van der Waals surface area contributed by atoms with Crippen molar-refractivity contribution in [1.82, 2.24) is 0 Å². The number of rotatable bonds is 5. The first-order valence-corrected chi connectivity index (χ1v) is 12.9. The number of hydrogen-bond acceptors (Lipinski definition) is 6. The number of carbonyl (C=O) groups excluding carboxylic acids is 1. The van der Waals surface area contributed by atoms with Crippen LogP contribution in [0.15, 0.2) is 70.0 Å². The SMILES string of the molecule is COc1ccc(C(=O)N2CCN3CCOc4cccc2c43)cc1S(=O)(=O)Nc1ccc(Br)cc1. The highest BCUT2D eigenvalue weighted by molar-refractivity contribution is 9.10. The fraction of sp³-hybridized carbons (Fsp3) is 0.208. The van der Waals surface area contributed by atoms with Crippen LogP contribution in [0.3, 0.4) is 0 Å². The Balaban J connectivity index is 1.50. The molecule has 0 aliphatic carbocycles. The third-order valence-corrected chi connectivity index (χ3v) is 7.77. The van der Waals surface area contributed by atoms with Gasteiger partial charge in [-0.15, -0.1) is 0 Å². The number of ether oxygens (including phenoxy) is 2. The maximum atomic E-state index is 13.6. The van der Waals surface area contributed by atoms with Crippen LogP contribution < -0.4 is 24.0 Å². The van der Waals surface area contributed by atoms with Gasteiger partial charge in [-0.05, 0) is 54.6 Å². The highest BCUT2D eigenvalue weighted by atomic mass is 79.9. The number of anilines is 3. The van der Waals surface area contributed by atoms with E-state index in [0.717, 1.165) is 28.1 Å². The Kier molecular flexibility index (Phi) is 5.86. The summed E-state index contributed by atoms with van der Waals surface area (Å²) in [6.07, 6.45) is 0. The van der Waals surface area contributed by atoms with Gasteiger partial charge in [0, 0.05) is 28.8 Å². The summed E-state index contributed by atoms with van der Waals surface area (Å²) in [5, 5.41) is 0. The summed E-state index contributed by atoms with van der Waals surface area (Å²) in [6, 6.07) is 16.8. The lowest BCUT2D eigenvalue weighted by molar-refractivity contribution is 0.0986. The van der Waals surface area contributed by atoms with Gasteiger partial charge in [0.15, 0.2) is 0 Å². The summed E-state index contributed by atoms with van der Waals surface area (Å²) in [7, 11) is -2.62. The maximum Gasteiger partial charge on any atom is 0.265 e. The van der Waals surface area contributed by atoms with E-state index in [2.05, 4.69) is 25.6 Å². The number of nitrogens with zero attached hydrogens (tertiary/aromatic N) is 2. The predicted octanol–water partition coefficient (Wildman–Crippen LogP) is 4.12. The largest absolute Gasteiger partial charge is 0.495 e. The van der Waals surface area contributed by atoms with Gasteiger partial charge in [0.05, 0.1) is 19.3 Å². The fourth-order valence-corrected chi connectivity index (χ4v) is 5.74. The van der Waals surface area contributed by atoms with Gasteiger partial charge in [0.25, 0.3) is 15.9 Å². The van der Waals surface area contributed by atoms with Crippen LogP contribution in [-0.4, -0.2) is 47.7 Å². The van der Waals surface area contributed by atoms with Crippen LogP contribution in [0.2, 0.25) is 0 Å². The van der Waals surface area contributed by atoms with Crippen molar-refractivity contribution in [3.05, 3.63) is 70.7 Å². The number of nitrogens with one attached hydrogen (secondary N) is 1. The molecule has 0 saturated heterocycles. The molecule has 2 aliphatic heterocycles. The number of amides is 1. The minimum absolute atomic E-state index is 0.110. The van der Waals surface area contributed by atoms with E-state index in [4.69, 9.17) is 9.47 Å². The lowest BCUT2D eigenvalue weighted by atomic mass is 10.1. The van der Waals surface area contributed by atoms with Gasteiger partial charge in [0.2, 0.25) is 0 Å². The van der Waals surface area contributed by atoms with E-state index in [-0.39, 0.29) is 22.1 Å². The van der Waals surface area contributed by atoms with E-state index in [9.17, 15) is 13.2 Å². The number of methoxy groups -OCH3 is 1.